The Morgan fingerprint density at radius 2 is 1.93 bits per heavy atom. The third-order valence-electron chi connectivity index (χ3n) is 4.75. The fourth-order valence-electron chi connectivity index (χ4n) is 2.77. The molecule has 0 spiro atoms. The van der Waals surface area contributed by atoms with E-state index in [2.05, 4.69) is 10.6 Å². The lowest BCUT2D eigenvalue weighted by molar-refractivity contribution is -0.115. The number of carbonyl (C=O) groups excluding carboxylic acids is 2. The fourth-order valence-corrected chi connectivity index (χ4v) is 5.59. The van der Waals surface area contributed by atoms with Gasteiger partial charge in [0.25, 0.3) is 5.91 Å². The van der Waals surface area contributed by atoms with Crippen molar-refractivity contribution in [1.82, 2.24) is 4.31 Å². The summed E-state index contributed by atoms with van der Waals surface area (Å²) in [5, 5.41) is 5.32. The van der Waals surface area contributed by atoms with Crippen molar-refractivity contribution in [1.29, 1.82) is 0 Å². The number of anilines is 2. The summed E-state index contributed by atoms with van der Waals surface area (Å²) in [7, 11) is -2.25. The van der Waals surface area contributed by atoms with Crippen LogP contribution in [0.2, 0.25) is 5.02 Å². The highest BCUT2D eigenvalue weighted by atomic mass is 35.5. The van der Waals surface area contributed by atoms with Gasteiger partial charge in [0, 0.05) is 29.2 Å². The highest BCUT2D eigenvalue weighted by Crippen LogP contribution is 2.36. The molecule has 0 saturated heterocycles. The van der Waals surface area contributed by atoms with Crippen molar-refractivity contribution in [2.24, 2.45) is 0 Å². The molecule has 2 N–H and O–H groups in total. The Bertz CT molecular complexity index is 1120. The van der Waals surface area contributed by atoms with E-state index >= 15 is 0 Å². The molecule has 160 valence electrons. The van der Waals surface area contributed by atoms with E-state index < -0.39 is 15.9 Å². The van der Waals surface area contributed by atoms with Crippen LogP contribution in [-0.2, 0) is 14.8 Å². The van der Waals surface area contributed by atoms with E-state index in [1.807, 2.05) is 6.92 Å². The molecule has 7 nitrogen and oxygen atoms in total. The number of hydrogen-bond acceptors (Lipinski definition) is 5. The third kappa shape index (κ3) is 4.49. The molecule has 1 aliphatic heterocycles. The van der Waals surface area contributed by atoms with Crippen molar-refractivity contribution >= 4 is 56.6 Å². The standard InChI is InChI=1S/C20H22ClN3O4S2/c1-11(2)24(4)30(27,28)18-8-6-14(10-15(18)21)22-20(26)13-5-7-17-16(9-13)23-19(25)12(3)29-17/h5-12H,1-4H3,(H,22,26)(H,23,25). The molecule has 30 heavy (non-hydrogen) atoms. The summed E-state index contributed by atoms with van der Waals surface area (Å²) in [5.74, 6) is -0.512. The smallest absolute Gasteiger partial charge is 0.255 e. The minimum Gasteiger partial charge on any atom is -0.324 e. The minimum atomic E-state index is -3.74. The highest BCUT2D eigenvalue weighted by molar-refractivity contribution is 8.01. The molecule has 0 radical (unpaired) electrons. The van der Waals surface area contributed by atoms with E-state index in [9.17, 15) is 18.0 Å². The van der Waals surface area contributed by atoms with E-state index in [0.29, 0.717) is 16.9 Å². The zero-order valence-corrected chi connectivity index (χ0v) is 19.3. The molecule has 0 aromatic heterocycles. The van der Waals surface area contributed by atoms with Crippen LogP contribution in [0.15, 0.2) is 46.2 Å². The lowest BCUT2D eigenvalue weighted by Crippen LogP contribution is -2.33. The average molecular weight is 468 g/mol. The van der Waals surface area contributed by atoms with Gasteiger partial charge in [-0.15, -0.1) is 11.8 Å². The Balaban J connectivity index is 1.81. The maximum atomic E-state index is 12.7. The summed E-state index contributed by atoms with van der Waals surface area (Å²) in [4.78, 5) is 25.4. The highest BCUT2D eigenvalue weighted by Gasteiger charge is 2.26. The van der Waals surface area contributed by atoms with Gasteiger partial charge in [-0.25, -0.2) is 8.42 Å². The van der Waals surface area contributed by atoms with Gasteiger partial charge < -0.3 is 10.6 Å². The van der Waals surface area contributed by atoms with Gasteiger partial charge in [0.05, 0.1) is 16.0 Å². The van der Waals surface area contributed by atoms with Crippen LogP contribution >= 0.6 is 23.4 Å². The number of thioether (sulfide) groups is 1. The second kappa shape index (κ2) is 8.58. The molecule has 0 fully saturated rings. The van der Waals surface area contributed by atoms with Crippen LogP contribution < -0.4 is 10.6 Å². The van der Waals surface area contributed by atoms with Crippen molar-refractivity contribution in [2.45, 2.75) is 41.9 Å². The molecular formula is C20H22ClN3O4S2. The van der Waals surface area contributed by atoms with Crippen molar-refractivity contribution in [3.05, 3.63) is 47.0 Å². The lowest BCUT2D eigenvalue weighted by atomic mass is 10.1. The largest absolute Gasteiger partial charge is 0.324 e. The second-order valence-corrected chi connectivity index (χ2v) is 10.9. The fraction of sp³-hybridized carbons (Fsp3) is 0.300. The molecule has 2 amide bonds. The number of rotatable bonds is 5. The summed E-state index contributed by atoms with van der Waals surface area (Å²) in [5.41, 5.74) is 1.31. The predicted molar refractivity (Wildman–Crippen MR) is 120 cm³/mol. The number of halogens is 1. The summed E-state index contributed by atoms with van der Waals surface area (Å²) < 4.78 is 26.5. The van der Waals surface area contributed by atoms with Gasteiger partial charge in [0.15, 0.2) is 0 Å². The SMILES string of the molecule is CC1Sc2ccc(C(=O)Nc3ccc(S(=O)(=O)N(C)C(C)C)c(Cl)c3)cc2NC1=O. The molecule has 0 saturated carbocycles. The predicted octanol–water partition coefficient (Wildman–Crippen LogP) is 4.05. The van der Waals surface area contributed by atoms with Gasteiger partial charge in [0.1, 0.15) is 4.90 Å². The molecule has 1 atom stereocenters. The van der Waals surface area contributed by atoms with Crippen molar-refractivity contribution in [3.8, 4) is 0 Å². The van der Waals surface area contributed by atoms with Gasteiger partial charge in [-0.3, -0.25) is 9.59 Å². The van der Waals surface area contributed by atoms with E-state index in [1.165, 1.54) is 41.3 Å². The van der Waals surface area contributed by atoms with Crippen molar-refractivity contribution in [2.75, 3.05) is 17.7 Å². The number of sulfonamides is 1. The maximum Gasteiger partial charge on any atom is 0.255 e. The van der Waals surface area contributed by atoms with Gasteiger partial charge >= 0.3 is 0 Å². The van der Waals surface area contributed by atoms with Crippen molar-refractivity contribution in [3.63, 3.8) is 0 Å². The number of hydrogen-bond donors (Lipinski definition) is 2. The van der Waals surface area contributed by atoms with Crippen molar-refractivity contribution < 1.29 is 18.0 Å². The number of benzene rings is 2. The molecule has 0 aliphatic carbocycles. The van der Waals surface area contributed by atoms with Gasteiger partial charge in [0.2, 0.25) is 15.9 Å². The number of fused-ring (bicyclic) bond motifs is 1. The van der Waals surface area contributed by atoms with Crippen LogP contribution in [0.3, 0.4) is 0 Å². The first kappa shape index (κ1) is 22.6. The van der Waals surface area contributed by atoms with Crippen LogP contribution in [0, 0.1) is 0 Å². The van der Waals surface area contributed by atoms with Crippen LogP contribution in [0.25, 0.3) is 0 Å². The van der Waals surface area contributed by atoms with Crippen LogP contribution in [0.1, 0.15) is 31.1 Å². The molecule has 10 heteroatoms. The molecule has 3 rings (SSSR count). The first-order valence-corrected chi connectivity index (χ1v) is 11.9. The summed E-state index contributed by atoms with van der Waals surface area (Å²) in [6.45, 7) is 5.34. The van der Waals surface area contributed by atoms with Crippen LogP contribution in [-0.4, -0.2) is 42.9 Å². The van der Waals surface area contributed by atoms with E-state index in [1.54, 1.807) is 32.0 Å². The second-order valence-electron chi connectivity index (χ2n) is 7.17. The van der Waals surface area contributed by atoms with Gasteiger partial charge in [-0.05, 0) is 57.2 Å². The normalized spacial score (nSPS) is 16.4. The maximum absolute atomic E-state index is 12.7. The number of amides is 2. The average Bonchev–Trinajstić information content (AvgIpc) is 2.67. The zero-order chi connectivity index (χ0) is 22.2. The number of nitrogens with one attached hydrogen (secondary N) is 2. The Kier molecular flexibility index (Phi) is 6.47. The van der Waals surface area contributed by atoms with E-state index in [0.717, 1.165) is 4.90 Å². The Labute approximate surface area is 185 Å². The Morgan fingerprint density at radius 1 is 1.23 bits per heavy atom. The molecule has 0 bridgehead atoms. The van der Waals surface area contributed by atoms with Gasteiger partial charge in [-0.1, -0.05) is 11.6 Å². The summed E-state index contributed by atoms with van der Waals surface area (Å²) in [6, 6.07) is 9.10. The number of nitrogens with zero attached hydrogens (tertiary/aromatic N) is 1. The topological polar surface area (TPSA) is 95.6 Å². The molecule has 2 aromatic rings. The Hall–Kier alpha value is -2.07. The minimum absolute atomic E-state index is 0.0170. The number of carbonyl (C=O) groups is 2. The quantitative estimate of drug-likeness (QED) is 0.691. The molecule has 1 unspecified atom stereocenters. The first-order valence-electron chi connectivity index (χ1n) is 9.21. The van der Waals surface area contributed by atoms with E-state index in [-0.39, 0.29) is 27.1 Å². The molecule has 2 aromatic carbocycles. The molecule has 1 heterocycles. The molecule has 1 aliphatic rings. The zero-order valence-electron chi connectivity index (χ0n) is 16.9. The van der Waals surface area contributed by atoms with Gasteiger partial charge in [-0.2, -0.15) is 4.31 Å². The monoisotopic (exact) mass is 467 g/mol. The summed E-state index contributed by atoms with van der Waals surface area (Å²) in [6.07, 6.45) is 0. The molecular weight excluding hydrogens is 446 g/mol. The van der Waals surface area contributed by atoms with E-state index in [4.69, 9.17) is 11.6 Å². The third-order valence-corrected chi connectivity index (χ3v) is 8.44. The summed E-state index contributed by atoms with van der Waals surface area (Å²) >= 11 is 7.64. The van der Waals surface area contributed by atoms with Crippen LogP contribution in [0.5, 0.6) is 0 Å². The first-order chi connectivity index (χ1) is 14.0. The lowest BCUT2D eigenvalue weighted by Gasteiger charge is -2.22. The van der Waals surface area contributed by atoms with Crippen LogP contribution in [0.4, 0.5) is 11.4 Å². The Morgan fingerprint density at radius 3 is 2.57 bits per heavy atom.